The zero-order valence-corrected chi connectivity index (χ0v) is 11.6. The molecule has 4 heteroatoms. The zero-order valence-electron chi connectivity index (χ0n) is 10.8. The Morgan fingerprint density at radius 1 is 1.25 bits per heavy atom. The molecular formula is C16H14ClNO2. The molecule has 0 saturated carbocycles. The summed E-state index contributed by atoms with van der Waals surface area (Å²) in [6.07, 6.45) is 3.76. The van der Waals surface area contributed by atoms with Crippen LogP contribution in [0.25, 0.3) is 0 Å². The molecule has 0 atom stereocenters. The van der Waals surface area contributed by atoms with Crippen molar-refractivity contribution in [3.8, 4) is 17.6 Å². The Kier molecular flexibility index (Phi) is 5.43. The molecule has 102 valence electrons. The average Bonchev–Trinajstić information content (AvgIpc) is 2.46. The number of halogens is 1. The van der Waals surface area contributed by atoms with E-state index in [0.717, 1.165) is 11.1 Å². The third-order valence-electron chi connectivity index (χ3n) is 2.48. The van der Waals surface area contributed by atoms with Crippen LogP contribution in [0.4, 0.5) is 0 Å². The zero-order chi connectivity index (χ0) is 14.2. The Balaban J connectivity index is 2.00. The fraction of sp³-hybridized carbons (Fsp3) is 0.188. The van der Waals surface area contributed by atoms with E-state index in [1.165, 1.54) is 0 Å². The fourth-order valence-corrected chi connectivity index (χ4v) is 1.79. The molecule has 0 amide bonds. The van der Waals surface area contributed by atoms with E-state index < -0.39 is 0 Å². The number of nitrogens with zero attached hydrogens (tertiary/aromatic N) is 1. The lowest BCUT2D eigenvalue weighted by Crippen LogP contribution is -1.96. The second kappa shape index (κ2) is 7.54. The lowest BCUT2D eigenvalue weighted by atomic mass is 10.2. The second-order valence-corrected chi connectivity index (χ2v) is 4.54. The molecule has 0 saturated heterocycles. The molecule has 0 aliphatic heterocycles. The summed E-state index contributed by atoms with van der Waals surface area (Å²) in [6, 6.07) is 9.34. The first kappa shape index (κ1) is 14.4. The first-order valence-corrected chi connectivity index (χ1v) is 6.58. The van der Waals surface area contributed by atoms with Crippen LogP contribution in [0, 0.1) is 11.8 Å². The van der Waals surface area contributed by atoms with Gasteiger partial charge >= 0.3 is 0 Å². The van der Waals surface area contributed by atoms with Crippen molar-refractivity contribution in [3.63, 3.8) is 0 Å². The molecule has 0 aliphatic carbocycles. The van der Waals surface area contributed by atoms with Crippen molar-refractivity contribution in [1.82, 2.24) is 4.98 Å². The summed E-state index contributed by atoms with van der Waals surface area (Å²) < 4.78 is 5.66. The highest BCUT2D eigenvalue weighted by Gasteiger charge is 1.98. The van der Waals surface area contributed by atoms with E-state index in [2.05, 4.69) is 16.8 Å². The SMILES string of the molecule is OCCC#Cc1cncc(OCc2cccc(Cl)c2)c1. The number of hydrogen-bond donors (Lipinski definition) is 1. The molecule has 1 N–H and O–H groups in total. The Hall–Kier alpha value is -2.02. The Bertz CT molecular complexity index is 632. The number of aliphatic hydroxyl groups excluding tert-OH is 1. The minimum Gasteiger partial charge on any atom is -0.487 e. The Labute approximate surface area is 123 Å². The van der Waals surface area contributed by atoms with Gasteiger partial charge in [-0.05, 0) is 23.8 Å². The van der Waals surface area contributed by atoms with Gasteiger partial charge < -0.3 is 9.84 Å². The van der Waals surface area contributed by atoms with E-state index in [-0.39, 0.29) is 6.61 Å². The standard InChI is InChI=1S/C16H14ClNO2/c17-15-6-3-5-14(8-15)12-20-16-9-13(10-18-11-16)4-1-2-7-19/h3,5-6,8-11,19H,2,7,12H2. The van der Waals surface area contributed by atoms with Crippen molar-refractivity contribution in [2.75, 3.05) is 6.61 Å². The highest BCUT2D eigenvalue weighted by molar-refractivity contribution is 6.30. The van der Waals surface area contributed by atoms with Crippen LogP contribution in [-0.4, -0.2) is 16.7 Å². The van der Waals surface area contributed by atoms with E-state index in [9.17, 15) is 0 Å². The molecule has 2 rings (SSSR count). The molecule has 1 heterocycles. The van der Waals surface area contributed by atoms with Crippen molar-refractivity contribution in [3.05, 3.63) is 58.9 Å². The van der Waals surface area contributed by atoms with Crippen molar-refractivity contribution in [2.24, 2.45) is 0 Å². The van der Waals surface area contributed by atoms with Gasteiger partial charge in [-0.3, -0.25) is 4.98 Å². The van der Waals surface area contributed by atoms with Crippen LogP contribution in [0.3, 0.4) is 0 Å². The summed E-state index contributed by atoms with van der Waals surface area (Å²) >= 11 is 5.92. The predicted octanol–water partition coefficient (Wildman–Crippen LogP) is 3.05. The third kappa shape index (κ3) is 4.58. The maximum absolute atomic E-state index is 8.68. The molecular weight excluding hydrogens is 274 g/mol. The Morgan fingerprint density at radius 3 is 2.95 bits per heavy atom. The summed E-state index contributed by atoms with van der Waals surface area (Å²) in [5.41, 5.74) is 1.76. The average molecular weight is 288 g/mol. The fourth-order valence-electron chi connectivity index (χ4n) is 1.58. The van der Waals surface area contributed by atoms with Crippen molar-refractivity contribution in [1.29, 1.82) is 0 Å². The van der Waals surface area contributed by atoms with Gasteiger partial charge in [0.05, 0.1) is 12.8 Å². The summed E-state index contributed by atoms with van der Waals surface area (Å²) in [4.78, 5) is 4.08. The van der Waals surface area contributed by atoms with Gasteiger partial charge in [0.2, 0.25) is 0 Å². The summed E-state index contributed by atoms with van der Waals surface area (Å²) in [5, 5.41) is 9.37. The van der Waals surface area contributed by atoms with Gasteiger partial charge in [-0.2, -0.15) is 0 Å². The molecule has 0 bridgehead atoms. The lowest BCUT2D eigenvalue weighted by molar-refractivity contribution is 0.305. The van der Waals surface area contributed by atoms with Crippen LogP contribution < -0.4 is 4.74 Å². The first-order valence-electron chi connectivity index (χ1n) is 6.20. The number of benzene rings is 1. The van der Waals surface area contributed by atoms with Gasteiger partial charge in [0.25, 0.3) is 0 Å². The van der Waals surface area contributed by atoms with Crippen LogP contribution >= 0.6 is 11.6 Å². The largest absolute Gasteiger partial charge is 0.487 e. The Morgan fingerprint density at radius 2 is 2.15 bits per heavy atom. The molecule has 1 aromatic heterocycles. The highest BCUT2D eigenvalue weighted by atomic mass is 35.5. The molecule has 0 fully saturated rings. The maximum Gasteiger partial charge on any atom is 0.139 e. The van der Waals surface area contributed by atoms with Gasteiger partial charge in [-0.25, -0.2) is 0 Å². The molecule has 2 aromatic rings. The molecule has 0 spiro atoms. The van der Waals surface area contributed by atoms with Crippen LogP contribution in [0.1, 0.15) is 17.5 Å². The van der Waals surface area contributed by atoms with Gasteiger partial charge in [-0.1, -0.05) is 35.6 Å². The van der Waals surface area contributed by atoms with E-state index in [4.69, 9.17) is 21.4 Å². The van der Waals surface area contributed by atoms with E-state index >= 15 is 0 Å². The summed E-state index contributed by atoms with van der Waals surface area (Å²) in [7, 11) is 0. The minimum atomic E-state index is 0.0609. The third-order valence-corrected chi connectivity index (χ3v) is 2.71. The smallest absolute Gasteiger partial charge is 0.139 e. The quantitative estimate of drug-likeness (QED) is 0.879. The number of aliphatic hydroxyl groups is 1. The van der Waals surface area contributed by atoms with E-state index in [0.29, 0.717) is 23.8 Å². The second-order valence-electron chi connectivity index (χ2n) is 4.10. The monoisotopic (exact) mass is 287 g/mol. The molecule has 3 nitrogen and oxygen atoms in total. The maximum atomic E-state index is 8.68. The minimum absolute atomic E-state index is 0.0609. The molecule has 0 aliphatic rings. The van der Waals surface area contributed by atoms with Crippen LogP contribution in [0.2, 0.25) is 5.02 Å². The predicted molar refractivity (Wildman–Crippen MR) is 78.6 cm³/mol. The summed E-state index contributed by atoms with van der Waals surface area (Å²) in [6.45, 7) is 0.487. The molecule has 1 aromatic carbocycles. The number of rotatable bonds is 4. The normalized spacial score (nSPS) is 9.70. The van der Waals surface area contributed by atoms with Gasteiger partial charge in [0.1, 0.15) is 12.4 Å². The number of ether oxygens (including phenoxy) is 1. The van der Waals surface area contributed by atoms with Crippen LogP contribution in [0.15, 0.2) is 42.7 Å². The summed E-state index contributed by atoms with van der Waals surface area (Å²) in [5.74, 6) is 6.42. The van der Waals surface area contributed by atoms with Crippen molar-refractivity contribution >= 4 is 11.6 Å². The molecule has 20 heavy (non-hydrogen) atoms. The first-order chi connectivity index (χ1) is 9.78. The van der Waals surface area contributed by atoms with E-state index in [1.807, 2.05) is 30.3 Å². The number of aromatic nitrogens is 1. The highest BCUT2D eigenvalue weighted by Crippen LogP contribution is 2.15. The van der Waals surface area contributed by atoms with Crippen LogP contribution in [-0.2, 0) is 6.61 Å². The number of hydrogen-bond acceptors (Lipinski definition) is 3. The molecule has 0 radical (unpaired) electrons. The topological polar surface area (TPSA) is 42.4 Å². The van der Waals surface area contributed by atoms with Gasteiger partial charge in [-0.15, -0.1) is 0 Å². The number of pyridine rings is 1. The van der Waals surface area contributed by atoms with E-state index in [1.54, 1.807) is 12.4 Å². The lowest BCUT2D eigenvalue weighted by Gasteiger charge is -2.06. The van der Waals surface area contributed by atoms with Crippen molar-refractivity contribution in [2.45, 2.75) is 13.0 Å². The molecule has 0 unspecified atom stereocenters. The van der Waals surface area contributed by atoms with Gasteiger partial charge in [0, 0.05) is 23.2 Å². The van der Waals surface area contributed by atoms with Crippen molar-refractivity contribution < 1.29 is 9.84 Å². The van der Waals surface area contributed by atoms with Crippen LogP contribution in [0.5, 0.6) is 5.75 Å². The van der Waals surface area contributed by atoms with Gasteiger partial charge in [0.15, 0.2) is 0 Å².